The Labute approximate surface area is 94.1 Å². The van der Waals surface area contributed by atoms with Crippen LogP contribution in [0.4, 0.5) is 0 Å². The molecule has 0 amide bonds. The summed E-state index contributed by atoms with van der Waals surface area (Å²) in [5.74, 6) is 0. The molecule has 0 fully saturated rings. The first-order valence-electron chi connectivity index (χ1n) is 5.75. The van der Waals surface area contributed by atoms with Crippen LogP contribution in [0.5, 0.6) is 0 Å². The molecule has 0 spiro atoms. The van der Waals surface area contributed by atoms with Crippen LogP contribution in [0.25, 0.3) is 0 Å². The van der Waals surface area contributed by atoms with Crippen molar-refractivity contribution in [2.75, 3.05) is 13.6 Å². The van der Waals surface area contributed by atoms with Crippen LogP contribution in [0.1, 0.15) is 32.8 Å². The van der Waals surface area contributed by atoms with Crippen LogP contribution in [0.2, 0.25) is 0 Å². The van der Waals surface area contributed by atoms with Gasteiger partial charge in [-0.3, -0.25) is 0 Å². The monoisotopic (exact) mass is 205 g/mol. The van der Waals surface area contributed by atoms with E-state index in [1.165, 1.54) is 24.9 Å². The van der Waals surface area contributed by atoms with Gasteiger partial charge in [-0.25, -0.2) is 0 Å². The minimum Gasteiger partial charge on any atom is -0.302 e. The molecule has 1 rings (SSSR count). The van der Waals surface area contributed by atoms with E-state index in [0.717, 1.165) is 0 Å². The Balaban J connectivity index is 2.28. The number of hydrogen-bond donors (Lipinski definition) is 0. The van der Waals surface area contributed by atoms with E-state index in [0.29, 0.717) is 0 Å². The van der Waals surface area contributed by atoms with Crippen molar-refractivity contribution in [1.82, 2.24) is 4.90 Å². The molecule has 0 aromatic heterocycles. The second kappa shape index (κ2) is 5.32. The first kappa shape index (κ1) is 12.3. The summed E-state index contributed by atoms with van der Waals surface area (Å²) in [6, 6.07) is 10.7. The van der Waals surface area contributed by atoms with Crippen LogP contribution in [0.15, 0.2) is 30.3 Å². The largest absolute Gasteiger partial charge is 0.302 e. The van der Waals surface area contributed by atoms with E-state index in [2.05, 4.69) is 63.1 Å². The highest BCUT2D eigenvalue weighted by Gasteiger charge is 2.15. The highest BCUT2D eigenvalue weighted by atomic mass is 15.1. The van der Waals surface area contributed by atoms with Gasteiger partial charge in [-0.1, -0.05) is 30.3 Å². The van der Waals surface area contributed by atoms with E-state index in [9.17, 15) is 0 Å². The fraction of sp³-hybridized carbons (Fsp3) is 0.571. The van der Waals surface area contributed by atoms with Gasteiger partial charge in [0.2, 0.25) is 0 Å². The Bertz CT molecular complexity index is 271. The molecule has 84 valence electrons. The summed E-state index contributed by atoms with van der Waals surface area (Å²) in [5, 5.41) is 0. The van der Waals surface area contributed by atoms with E-state index in [1.54, 1.807) is 0 Å². The molecule has 0 aliphatic rings. The number of hydrogen-bond acceptors (Lipinski definition) is 1. The molecule has 0 aliphatic carbocycles. The Morgan fingerprint density at radius 3 is 2.20 bits per heavy atom. The van der Waals surface area contributed by atoms with E-state index < -0.39 is 0 Å². The Hall–Kier alpha value is -0.820. The van der Waals surface area contributed by atoms with E-state index in [-0.39, 0.29) is 5.54 Å². The summed E-state index contributed by atoms with van der Waals surface area (Å²) < 4.78 is 0. The average Bonchev–Trinajstić information content (AvgIpc) is 2.18. The average molecular weight is 205 g/mol. The molecule has 0 heterocycles. The molecule has 1 heteroatoms. The van der Waals surface area contributed by atoms with Gasteiger partial charge in [0.05, 0.1) is 0 Å². The van der Waals surface area contributed by atoms with E-state index >= 15 is 0 Å². The number of rotatable bonds is 4. The molecular weight excluding hydrogens is 182 g/mol. The van der Waals surface area contributed by atoms with Gasteiger partial charge in [0.15, 0.2) is 0 Å². The summed E-state index contributed by atoms with van der Waals surface area (Å²) in [5.41, 5.74) is 1.73. The first-order chi connectivity index (χ1) is 7.00. The zero-order valence-corrected chi connectivity index (χ0v) is 10.5. The predicted molar refractivity (Wildman–Crippen MR) is 67.1 cm³/mol. The van der Waals surface area contributed by atoms with Crippen molar-refractivity contribution in [3.05, 3.63) is 35.9 Å². The maximum absolute atomic E-state index is 2.41. The van der Waals surface area contributed by atoms with Crippen LogP contribution in [-0.2, 0) is 6.42 Å². The third kappa shape index (κ3) is 4.48. The Morgan fingerprint density at radius 2 is 1.67 bits per heavy atom. The Morgan fingerprint density at radius 1 is 1.07 bits per heavy atom. The van der Waals surface area contributed by atoms with Crippen molar-refractivity contribution < 1.29 is 0 Å². The fourth-order valence-corrected chi connectivity index (χ4v) is 1.50. The summed E-state index contributed by atoms with van der Waals surface area (Å²) in [4.78, 5) is 2.41. The van der Waals surface area contributed by atoms with Gasteiger partial charge in [0.25, 0.3) is 0 Å². The third-order valence-corrected chi connectivity index (χ3v) is 2.95. The molecule has 0 unspecified atom stereocenters. The smallest absolute Gasteiger partial charge is 0.0122 e. The highest BCUT2D eigenvalue weighted by molar-refractivity contribution is 5.14. The molecule has 0 aliphatic heterocycles. The lowest BCUT2D eigenvalue weighted by atomic mass is 10.1. The summed E-state index contributed by atoms with van der Waals surface area (Å²) in [7, 11) is 2.20. The maximum atomic E-state index is 2.41. The van der Waals surface area contributed by atoms with E-state index in [4.69, 9.17) is 0 Å². The molecular formula is C14H23N. The third-order valence-electron chi connectivity index (χ3n) is 2.95. The molecule has 0 radical (unpaired) electrons. The normalized spacial score (nSPS) is 12.1. The van der Waals surface area contributed by atoms with Crippen molar-refractivity contribution >= 4 is 0 Å². The summed E-state index contributed by atoms with van der Waals surface area (Å²) in [6.45, 7) is 7.94. The molecule has 0 saturated heterocycles. The number of aryl methyl sites for hydroxylation is 1. The van der Waals surface area contributed by atoms with Crippen molar-refractivity contribution in [3.63, 3.8) is 0 Å². The fourth-order valence-electron chi connectivity index (χ4n) is 1.50. The molecule has 0 N–H and O–H groups in total. The second-order valence-electron chi connectivity index (χ2n) is 5.18. The highest BCUT2D eigenvalue weighted by Crippen LogP contribution is 2.11. The van der Waals surface area contributed by atoms with Crippen LogP contribution < -0.4 is 0 Å². The number of benzene rings is 1. The molecule has 0 saturated carbocycles. The van der Waals surface area contributed by atoms with Gasteiger partial charge in [-0.05, 0) is 52.8 Å². The van der Waals surface area contributed by atoms with Gasteiger partial charge in [-0.15, -0.1) is 0 Å². The van der Waals surface area contributed by atoms with Crippen molar-refractivity contribution in [2.24, 2.45) is 0 Å². The lowest BCUT2D eigenvalue weighted by Crippen LogP contribution is -2.38. The van der Waals surface area contributed by atoms with Crippen molar-refractivity contribution in [1.29, 1.82) is 0 Å². The SMILES string of the molecule is CN(CCCc1ccccc1)C(C)(C)C. The van der Waals surface area contributed by atoms with Gasteiger partial charge < -0.3 is 4.90 Å². The van der Waals surface area contributed by atoms with Crippen LogP contribution in [-0.4, -0.2) is 24.0 Å². The van der Waals surface area contributed by atoms with Crippen molar-refractivity contribution in [3.8, 4) is 0 Å². The van der Waals surface area contributed by atoms with Gasteiger partial charge in [0, 0.05) is 5.54 Å². The van der Waals surface area contributed by atoms with Crippen molar-refractivity contribution in [2.45, 2.75) is 39.2 Å². The van der Waals surface area contributed by atoms with Crippen LogP contribution >= 0.6 is 0 Å². The standard InChI is InChI=1S/C14H23N/c1-14(2,3)15(4)12-8-11-13-9-6-5-7-10-13/h5-7,9-10H,8,11-12H2,1-4H3. The first-order valence-corrected chi connectivity index (χ1v) is 5.75. The molecule has 0 bridgehead atoms. The zero-order valence-electron chi connectivity index (χ0n) is 10.5. The predicted octanol–water partition coefficient (Wildman–Crippen LogP) is 3.35. The van der Waals surface area contributed by atoms with Gasteiger partial charge in [-0.2, -0.15) is 0 Å². The molecule has 1 nitrogen and oxygen atoms in total. The van der Waals surface area contributed by atoms with Gasteiger partial charge >= 0.3 is 0 Å². The lowest BCUT2D eigenvalue weighted by molar-refractivity contribution is 0.174. The topological polar surface area (TPSA) is 3.24 Å². The second-order valence-corrected chi connectivity index (χ2v) is 5.18. The summed E-state index contributed by atoms with van der Waals surface area (Å²) >= 11 is 0. The minimum atomic E-state index is 0.288. The molecule has 15 heavy (non-hydrogen) atoms. The summed E-state index contributed by atoms with van der Waals surface area (Å²) in [6.07, 6.45) is 2.42. The molecule has 1 aromatic carbocycles. The quantitative estimate of drug-likeness (QED) is 0.728. The van der Waals surface area contributed by atoms with Crippen LogP contribution in [0.3, 0.4) is 0 Å². The Kier molecular flexibility index (Phi) is 4.34. The lowest BCUT2D eigenvalue weighted by Gasteiger charge is -2.31. The zero-order chi connectivity index (χ0) is 11.3. The van der Waals surface area contributed by atoms with Crippen LogP contribution in [0, 0.1) is 0 Å². The maximum Gasteiger partial charge on any atom is 0.0122 e. The van der Waals surface area contributed by atoms with Gasteiger partial charge in [0.1, 0.15) is 0 Å². The number of nitrogens with zero attached hydrogens (tertiary/aromatic N) is 1. The molecule has 0 atom stereocenters. The minimum absolute atomic E-state index is 0.288. The molecule has 1 aromatic rings. The van der Waals surface area contributed by atoms with E-state index in [1.807, 2.05) is 0 Å².